The molecule has 2 aromatic carbocycles. The molecule has 6 heteroatoms. The summed E-state index contributed by atoms with van der Waals surface area (Å²) < 4.78 is 15.7. The van der Waals surface area contributed by atoms with Crippen molar-refractivity contribution in [3.63, 3.8) is 0 Å². The largest absolute Gasteiger partial charge is 0.493 e. The van der Waals surface area contributed by atoms with E-state index in [9.17, 15) is 9.59 Å². The summed E-state index contributed by atoms with van der Waals surface area (Å²) in [5.74, 6) is -0.0891. The van der Waals surface area contributed by atoms with Crippen LogP contribution < -0.4 is 14.8 Å². The lowest BCUT2D eigenvalue weighted by Gasteiger charge is -2.16. The highest BCUT2D eigenvalue weighted by molar-refractivity contribution is 5.96. The maximum atomic E-state index is 12.3. The predicted octanol–water partition coefficient (Wildman–Crippen LogP) is 3.26. The molecule has 0 aromatic heterocycles. The Morgan fingerprint density at radius 2 is 1.62 bits per heavy atom. The summed E-state index contributed by atoms with van der Waals surface area (Å²) in [6.07, 6.45) is -0.942. The molecule has 0 spiro atoms. The minimum absolute atomic E-state index is 0.318. The molecule has 6 nitrogen and oxygen atoms in total. The Balaban J connectivity index is 1.89. The number of ether oxygens (including phenoxy) is 3. The van der Waals surface area contributed by atoms with Gasteiger partial charge in [0, 0.05) is 5.69 Å². The molecule has 0 aliphatic heterocycles. The van der Waals surface area contributed by atoms with Crippen molar-refractivity contribution in [1.29, 1.82) is 0 Å². The molecule has 2 rings (SSSR count). The molecule has 2 aromatic rings. The highest BCUT2D eigenvalue weighted by atomic mass is 16.6. The van der Waals surface area contributed by atoms with Crippen molar-refractivity contribution in [2.24, 2.45) is 0 Å². The van der Waals surface area contributed by atoms with Crippen molar-refractivity contribution in [3.05, 3.63) is 53.6 Å². The monoisotopic (exact) mass is 357 g/mol. The molecule has 0 radical (unpaired) electrons. The van der Waals surface area contributed by atoms with E-state index < -0.39 is 18.0 Å². The standard InChI is InChI=1S/C20H23NO5/c1-13-8-7-9-14(2)19(13)21-20(23)15(3)26-18(22)12-25-17-11-6-5-10-16(17)24-4/h5-11,15H,12H2,1-4H3,(H,21,23). The Morgan fingerprint density at radius 3 is 2.23 bits per heavy atom. The number of anilines is 1. The van der Waals surface area contributed by atoms with E-state index in [1.807, 2.05) is 32.0 Å². The van der Waals surface area contributed by atoms with Gasteiger partial charge in [-0.2, -0.15) is 0 Å². The zero-order chi connectivity index (χ0) is 19.1. The number of benzene rings is 2. The number of rotatable bonds is 7. The number of hydrogen-bond donors (Lipinski definition) is 1. The van der Waals surface area contributed by atoms with Gasteiger partial charge < -0.3 is 19.5 Å². The molecular weight excluding hydrogens is 334 g/mol. The fraction of sp³-hybridized carbons (Fsp3) is 0.300. The molecule has 1 unspecified atom stereocenters. The molecule has 0 fully saturated rings. The van der Waals surface area contributed by atoms with Gasteiger partial charge >= 0.3 is 5.97 Å². The average molecular weight is 357 g/mol. The minimum Gasteiger partial charge on any atom is -0.493 e. The lowest BCUT2D eigenvalue weighted by atomic mass is 10.1. The normalized spacial score (nSPS) is 11.4. The van der Waals surface area contributed by atoms with E-state index in [1.54, 1.807) is 24.3 Å². The number of carbonyl (C=O) groups excluding carboxylic acids is 2. The van der Waals surface area contributed by atoms with Crippen molar-refractivity contribution in [3.8, 4) is 11.5 Å². The van der Waals surface area contributed by atoms with Crippen LogP contribution in [0.2, 0.25) is 0 Å². The summed E-state index contributed by atoms with van der Waals surface area (Å²) in [4.78, 5) is 24.2. The molecule has 0 heterocycles. The quantitative estimate of drug-likeness (QED) is 0.770. The SMILES string of the molecule is COc1ccccc1OCC(=O)OC(C)C(=O)Nc1c(C)cccc1C. The smallest absolute Gasteiger partial charge is 0.344 e. The molecule has 1 amide bonds. The van der Waals surface area contributed by atoms with E-state index in [0.29, 0.717) is 11.5 Å². The average Bonchev–Trinajstić information content (AvgIpc) is 2.63. The molecule has 0 bridgehead atoms. The van der Waals surface area contributed by atoms with Crippen LogP contribution in [0, 0.1) is 13.8 Å². The van der Waals surface area contributed by atoms with E-state index in [1.165, 1.54) is 14.0 Å². The van der Waals surface area contributed by atoms with E-state index >= 15 is 0 Å². The van der Waals surface area contributed by atoms with Crippen LogP contribution in [-0.4, -0.2) is 31.7 Å². The summed E-state index contributed by atoms with van der Waals surface area (Å²) in [7, 11) is 1.51. The van der Waals surface area contributed by atoms with Gasteiger partial charge in [-0.05, 0) is 44.0 Å². The summed E-state index contributed by atoms with van der Waals surface area (Å²) in [6, 6.07) is 12.7. The Morgan fingerprint density at radius 1 is 1.00 bits per heavy atom. The topological polar surface area (TPSA) is 73.9 Å². The highest BCUT2D eigenvalue weighted by Crippen LogP contribution is 2.25. The van der Waals surface area contributed by atoms with Crippen molar-refractivity contribution < 1.29 is 23.8 Å². The number of carbonyl (C=O) groups is 2. The molecule has 0 aliphatic rings. The van der Waals surface area contributed by atoms with Gasteiger partial charge in [0.1, 0.15) is 0 Å². The second-order valence-corrected chi connectivity index (χ2v) is 5.83. The second kappa shape index (κ2) is 8.89. The minimum atomic E-state index is -0.942. The van der Waals surface area contributed by atoms with Crippen LogP contribution in [0.5, 0.6) is 11.5 Å². The van der Waals surface area contributed by atoms with E-state index in [4.69, 9.17) is 14.2 Å². The molecular formula is C20H23NO5. The molecule has 1 N–H and O–H groups in total. The zero-order valence-corrected chi connectivity index (χ0v) is 15.4. The van der Waals surface area contributed by atoms with Crippen molar-refractivity contribution in [2.45, 2.75) is 26.9 Å². The maximum absolute atomic E-state index is 12.3. The molecule has 26 heavy (non-hydrogen) atoms. The number of para-hydroxylation sites is 3. The van der Waals surface area contributed by atoms with Crippen LogP contribution in [0.25, 0.3) is 0 Å². The summed E-state index contributed by atoms with van der Waals surface area (Å²) in [5, 5.41) is 2.80. The molecule has 138 valence electrons. The van der Waals surface area contributed by atoms with Gasteiger partial charge in [0.2, 0.25) is 0 Å². The molecule has 0 saturated carbocycles. The maximum Gasteiger partial charge on any atom is 0.344 e. The third-order valence-electron chi connectivity index (χ3n) is 3.82. The van der Waals surface area contributed by atoms with Crippen molar-refractivity contribution in [2.75, 3.05) is 19.0 Å². The van der Waals surface area contributed by atoms with Gasteiger partial charge in [0.15, 0.2) is 24.2 Å². The van der Waals surface area contributed by atoms with Crippen LogP contribution in [0.1, 0.15) is 18.1 Å². The fourth-order valence-electron chi connectivity index (χ4n) is 2.40. The summed E-state index contributed by atoms with van der Waals surface area (Å²) >= 11 is 0. The van der Waals surface area contributed by atoms with Crippen molar-refractivity contribution in [1.82, 2.24) is 0 Å². The number of amides is 1. The summed E-state index contributed by atoms with van der Waals surface area (Å²) in [5.41, 5.74) is 2.61. The number of aryl methyl sites for hydroxylation is 2. The van der Waals surface area contributed by atoms with Gasteiger partial charge in [-0.25, -0.2) is 4.79 Å². The molecule has 1 atom stereocenters. The molecule has 0 aliphatic carbocycles. The highest BCUT2D eigenvalue weighted by Gasteiger charge is 2.19. The lowest BCUT2D eigenvalue weighted by Crippen LogP contribution is -2.32. The first kappa shape index (κ1) is 19.3. The second-order valence-electron chi connectivity index (χ2n) is 5.83. The Kier molecular flexibility index (Phi) is 6.60. The zero-order valence-electron chi connectivity index (χ0n) is 15.4. The number of hydrogen-bond acceptors (Lipinski definition) is 5. The van der Waals surface area contributed by atoms with E-state index in [-0.39, 0.29) is 6.61 Å². The van der Waals surface area contributed by atoms with Gasteiger partial charge in [-0.3, -0.25) is 4.79 Å². The fourth-order valence-corrected chi connectivity index (χ4v) is 2.40. The summed E-state index contributed by atoms with van der Waals surface area (Å²) in [6.45, 7) is 5.01. The van der Waals surface area contributed by atoms with Gasteiger partial charge in [0.25, 0.3) is 5.91 Å². The van der Waals surface area contributed by atoms with Gasteiger partial charge in [-0.1, -0.05) is 30.3 Å². The Labute approximate surface area is 153 Å². The van der Waals surface area contributed by atoms with Gasteiger partial charge in [-0.15, -0.1) is 0 Å². The van der Waals surface area contributed by atoms with Crippen LogP contribution in [-0.2, 0) is 14.3 Å². The first-order chi connectivity index (χ1) is 12.4. The number of methoxy groups -OCH3 is 1. The first-order valence-electron chi connectivity index (χ1n) is 8.24. The third kappa shape index (κ3) is 4.99. The van der Waals surface area contributed by atoms with Crippen LogP contribution >= 0.6 is 0 Å². The number of nitrogens with one attached hydrogen (secondary N) is 1. The first-order valence-corrected chi connectivity index (χ1v) is 8.24. The van der Waals surface area contributed by atoms with Crippen LogP contribution in [0.3, 0.4) is 0 Å². The molecule has 0 saturated heterocycles. The van der Waals surface area contributed by atoms with Crippen LogP contribution in [0.4, 0.5) is 5.69 Å². The van der Waals surface area contributed by atoms with Crippen LogP contribution in [0.15, 0.2) is 42.5 Å². The van der Waals surface area contributed by atoms with Crippen molar-refractivity contribution >= 4 is 17.6 Å². The Bertz CT molecular complexity index is 767. The van der Waals surface area contributed by atoms with Gasteiger partial charge in [0.05, 0.1) is 7.11 Å². The Hall–Kier alpha value is -3.02. The number of esters is 1. The lowest BCUT2D eigenvalue weighted by molar-refractivity contribution is -0.155. The van der Waals surface area contributed by atoms with E-state index in [2.05, 4.69) is 5.32 Å². The third-order valence-corrected chi connectivity index (χ3v) is 3.82. The van der Waals surface area contributed by atoms with E-state index in [0.717, 1.165) is 16.8 Å². The predicted molar refractivity (Wildman–Crippen MR) is 98.6 cm³/mol.